The Morgan fingerprint density at radius 1 is 1.18 bits per heavy atom. The van der Waals surface area contributed by atoms with E-state index in [1.54, 1.807) is 12.1 Å². The van der Waals surface area contributed by atoms with Crippen molar-refractivity contribution in [1.82, 2.24) is 5.32 Å². The van der Waals surface area contributed by atoms with Gasteiger partial charge in [0.05, 0.1) is 5.56 Å². The zero-order valence-corrected chi connectivity index (χ0v) is 10.1. The fourth-order valence-electron chi connectivity index (χ4n) is 1.85. The highest BCUT2D eigenvalue weighted by Gasteiger charge is 2.34. The third-order valence-electron chi connectivity index (χ3n) is 2.69. The second-order valence-corrected chi connectivity index (χ2v) is 4.00. The second kappa shape index (κ2) is 6.05. The molecule has 96 valence electrons. The number of halogens is 3. The van der Waals surface area contributed by atoms with Gasteiger partial charge in [0.25, 0.3) is 0 Å². The van der Waals surface area contributed by atoms with Crippen LogP contribution in [0.1, 0.15) is 43.9 Å². The Morgan fingerprint density at radius 3 is 2.35 bits per heavy atom. The Morgan fingerprint density at radius 2 is 1.82 bits per heavy atom. The highest BCUT2D eigenvalue weighted by molar-refractivity contribution is 5.32. The molecular weight excluding hydrogens is 227 g/mol. The summed E-state index contributed by atoms with van der Waals surface area (Å²) in [5.74, 6) is 0. The lowest BCUT2D eigenvalue weighted by atomic mass is 9.98. The molecule has 0 bridgehead atoms. The van der Waals surface area contributed by atoms with Crippen LogP contribution in [0.2, 0.25) is 0 Å². The van der Waals surface area contributed by atoms with Crippen LogP contribution >= 0.6 is 0 Å². The first-order valence-electron chi connectivity index (χ1n) is 5.90. The summed E-state index contributed by atoms with van der Waals surface area (Å²) >= 11 is 0. The molecule has 1 nitrogen and oxygen atoms in total. The molecule has 0 fully saturated rings. The molecule has 0 heterocycles. The van der Waals surface area contributed by atoms with Crippen molar-refractivity contribution in [2.45, 2.75) is 38.9 Å². The number of rotatable bonds is 5. The zero-order chi connectivity index (χ0) is 12.9. The van der Waals surface area contributed by atoms with E-state index >= 15 is 0 Å². The van der Waals surface area contributed by atoms with Crippen molar-refractivity contribution in [2.24, 2.45) is 0 Å². The summed E-state index contributed by atoms with van der Waals surface area (Å²) < 4.78 is 38.5. The summed E-state index contributed by atoms with van der Waals surface area (Å²) in [6.07, 6.45) is -2.73. The molecule has 1 rings (SSSR count). The summed E-state index contributed by atoms with van der Waals surface area (Å²) in [4.78, 5) is 0. The zero-order valence-electron chi connectivity index (χ0n) is 10.1. The predicted octanol–water partition coefficient (Wildman–Crippen LogP) is 4.16. The van der Waals surface area contributed by atoms with E-state index < -0.39 is 11.7 Å². The predicted molar refractivity (Wildman–Crippen MR) is 62.8 cm³/mol. The summed E-state index contributed by atoms with van der Waals surface area (Å²) in [6.45, 7) is 4.61. The van der Waals surface area contributed by atoms with Gasteiger partial charge in [0, 0.05) is 6.04 Å². The molecule has 0 saturated heterocycles. The minimum Gasteiger partial charge on any atom is -0.310 e. The van der Waals surface area contributed by atoms with E-state index in [2.05, 4.69) is 5.32 Å². The SMILES string of the molecule is CCCNC(CC)c1ccccc1C(F)(F)F. The smallest absolute Gasteiger partial charge is 0.310 e. The molecule has 1 atom stereocenters. The molecule has 0 spiro atoms. The number of alkyl halides is 3. The van der Waals surface area contributed by atoms with E-state index in [1.165, 1.54) is 6.07 Å². The van der Waals surface area contributed by atoms with Crippen molar-refractivity contribution in [3.05, 3.63) is 35.4 Å². The van der Waals surface area contributed by atoms with Crippen LogP contribution in [0.15, 0.2) is 24.3 Å². The summed E-state index contributed by atoms with van der Waals surface area (Å²) in [6, 6.07) is 5.55. The van der Waals surface area contributed by atoms with E-state index in [1.807, 2.05) is 13.8 Å². The van der Waals surface area contributed by atoms with Gasteiger partial charge >= 0.3 is 6.18 Å². The molecule has 0 aliphatic carbocycles. The summed E-state index contributed by atoms with van der Waals surface area (Å²) in [7, 11) is 0. The molecule has 0 aliphatic heterocycles. The lowest BCUT2D eigenvalue weighted by molar-refractivity contribution is -0.138. The van der Waals surface area contributed by atoms with E-state index in [4.69, 9.17) is 0 Å². The molecular formula is C13H18F3N. The Kier molecular flexibility index (Phi) is 5.00. The van der Waals surface area contributed by atoms with Crippen molar-refractivity contribution >= 4 is 0 Å². The van der Waals surface area contributed by atoms with Crippen LogP contribution in [-0.4, -0.2) is 6.54 Å². The maximum Gasteiger partial charge on any atom is 0.416 e. The lowest BCUT2D eigenvalue weighted by Crippen LogP contribution is -2.24. The van der Waals surface area contributed by atoms with E-state index in [0.717, 1.165) is 19.0 Å². The van der Waals surface area contributed by atoms with Crippen LogP contribution in [0.5, 0.6) is 0 Å². The monoisotopic (exact) mass is 245 g/mol. The third-order valence-corrected chi connectivity index (χ3v) is 2.69. The van der Waals surface area contributed by atoms with Gasteiger partial charge in [0.15, 0.2) is 0 Å². The van der Waals surface area contributed by atoms with E-state index in [-0.39, 0.29) is 6.04 Å². The third kappa shape index (κ3) is 3.73. The number of hydrogen-bond acceptors (Lipinski definition) is 1. The van der Waals surface area contributed by atoms with Crippen LogP contribution in [-0.2, 0) is 6.18 Å². The quantitative estimate of drug-likeness (QED) is 0.821. The first-order valence-corrected chi connectivity index (χ1v) is 5.90. The minimum atomic E-state index is -4.28. The van der Waals surface area contributed by atoms with Gasteiger partial charge in [-0.1, -0.05) is 32.0 Å². The molecule has 0 saturated carbocycles. The molecule has 1 aromatic rings. The Labute approximate surface area is 100 Å². The van der Waals surface area contributed by atoms with Crippen LogP contribution in [0.4, 0.5) is 13.2 Å². The normalized spacial score (nSPS) is 13.7. The Bertz CT molecular complexity index is 347. The van der Waals surface area contributed by atoms with Crippen LogP contribution in [0.3, 0.4) is 0 Å². The molecule has 1 aromatic carbocycles. The van der Waals surface area contributed by atoms with E-state index in [9.17, 15) is 13.2 Å². The maximum atomic E-state index is 12.8. The molecule has 1 N–H and O–H groups in total. The molecule has 1 unspecified atom stereocenters. The number of hydrogen-bond donors (Lipinski definition) is 1. The van der Waals surface area contributed by atoms with Gasteiger partial charge in [0.2, 0.25) is 0 Å². The van der Waals surface area contributed by atoms with E-state index in [0.29, 0.717) is 12.0 Å². The topological polar surface area (TPSA) is 12.0 Å². The van der Waals surface area contributed by atoms with Crippen LogP contribution < -0.4 is 5.32 Å². The molecule has 4 heteroatoms. The van der Waals surface area contributed by atoms with Gasteiger partial charge in [-0.05, 0) is 31.0 Å². The second-order valence-electron chi connectivity index (χ2n) is 4.00. The first-order chi connectivity index (χ1) is 8.00. The molecule has 17 heavy (non-hydrogen) atoms. The standard InChI is InChI=1S/C13H18F3N/c1-3-9-17-12(4-2)10-7-5-6-8-11(10)13(14,15)16/h5-8,12,17H,3-4,9H2,1-2H3. The lowest BCUT2D eigenvalue weighted by Gasteiger charge is -2.21. The Balaban J connectivity index is 3.02. The van der Waals surface area contributed by atoms with Gasteiger partial charge in [0.1, 0.15) is 0 Å². The summed E-state index contributed by atoms with van der Waals surface area (Å²) in [5.41, 5.74) is -0.189. The van der Waals surface area contributed by atoms with Gasteiger partial charge < -0.3 is 5.32 Å². The Hall–Kier alpha value is -1.03. The van der Waals surface area contributed by atoms with Gasteiger partial charge in [-0.15, -0.1) is 0 Å². The van der Waals surface area contributed by atoms with Crippen molar-refractivity contribution < 1.29 is 13.2 Å². The van der Waals surface area contributed by atoms with Crippen molar-refractivity contribution in [1.29, 1.82) is 0 Å². The summed E-state index contributed by atoms with van der Waals surface area (Å²) in [5, 5.41) is 3.15. The molecule has 0 amide bonds. The number of benzene rings is 1. The molecule has 0 radical (unpaired) electrons. The number of nitrogens with one attached hydrogen (secondary N) is 1. The van der Waals surface area contributed by atoms with Gasteiger partial charge in [-0.2, -0.15) is 13.2 Å². The van der Waals surface area contributed by atoms with Crippen molar-refractivity contribution in [3.8, 4) is 0 Å². The maximum absolute atomic E-state index is 12.8. The van der Waals surface area contributed by atoms with Gasteiger partial charge in [-0.3, -0.25) is 0 Å². The fraction of sp³-hybridized carbons (Fsp3) is 0.538. The average Bonchev–Trinajstić information content (AvgIpc) is 2.29. The van der Waals surface area contributed by atoms with Crippen molar-refractivity contribution in [3.63, 3.8) is 0 Å². The van der Waals surface area contributed by atoms with Crippen LogP contribution in [0, 0.1) is 0 Å². The highest BCUT2D eigenvalue weighted by Crippen LogP contribution is 2.35. The fourth-order valence-corrected chi connectivity index (χ4v) is 1.85. The largest absolute Gasteiger partial charge is 0.416 e. The molecule has 0 aromatic heterocycles. The molecule has 0 aliphatic rings. The minimum absolute atomic E-state index is 0.229. The average molecular weight is 245 g/mol. The van der Waals surface area contributed by atoms with Crippen LogP contribution in [0.25, 0.3) is 0 Å². The highest BCUT2D eigenvalue weighted by atomic mass is 19.4. The van der Waals surface area contributed by atoms with Gasteiger partial charge in [-0.25, -0.2) is 0 Å². The first kappa shape index (κ1) is 14.0. The van der Waals surface area contributed by atoms with Crippen molar-refractivity contribution in [2.75, 3.05) is 6.54 Å².